The van der Waals surface area contributed by atoms with Crippen LogP contribution in [0.15, 0.2) is 12.1 Å². The highest BCUT2D eigenvalue weighted by atomic mass is 32.1. The maximum Gasteiger partial charge on any atom is 0.0589 e. The minimum atomic E-state index is 0.805. The largest absolute Gasteiger partial charge is 0.383 e. The molecule has 0 amide bonds. The van der Waals surface area contributed by atoms with Crippen LogP contribution < -0.4 is 5.32 Å². The minimum absolute atomic E-state index is 0.805. The molecular weight excluding hydrogens is 256 g/mol. The van der Waals surface area contributed by atoms with Crippen LogP contribution in [0.2, 0.25) is 0 Å². The zero-order chi connectivity index (χ0) is 13.5. The molecule has 1 aromatic heterocycles. The molecule has 0 spiro atoms. The van der Waals surface area contributed by atoms with Crippen LogP contribution in [0.4, 0.5) is 0 Å². The van der Waals surface area contributed by atoms with Crippen LogP contribution in [-0.2, 0) is 17.8 Å². The van der Waals surface area contributed by atoms with Crippen molar-refractivity contribution in [3.63, 3.8) is 0 Å². The molecule has 0 aliphatic heterocycles. The quantitative estimate of drug-likeness (QED) is 0.668. The molecule has 19 heavy (non-hydrogen) atoms. The van der Waals surface area contributed by atoms with E-state index in [-0.39, 0.29) is 0 Å². The van der Waals surface area contributed by atoms with Gasteiger partial charge in [0.15, 0.2) is 0 Å². The van der Waals surface area contributed by atoms with Crippen LogP contribution in [0, 0.1) is 0 Å². The van der Waals surface area contributed by atoms with Crippen molar-refractivity contribution in [1.82, 2.24) is 10.2 Å². The summed E-state index contributed by atoms with van der Waals surface area (Å²) in [7, 11) is 1.79. The number of thiophene rings is 1. The molecule has 0 saturated heterocycles. The second kappa shape index (κ2) is 8.00. The van der Waals surface area contributed by atoms with Gasteiger partial charge in [-0.15, -0.1) is 11.3 Å². The van der Waals surface area contributed by atoms with Crippen molar-refractivity contribution in [2.24, 2.45) is 0 Å². The van der Waals surface area contributed by atoms with Gasteiger partial charge in [-0.2, -0.15) is 0 Å². The number of nitrogens with zero attached hydrogens (tertiary/aromatic N) is 1. The van der Waals surface area contributed by atoms with Crippen molar-refractivity contribution >= 4 is 11.3 Å². The lowest BCUT2D eigenvalue weighted by Gasteiger charge is -2.20. The van der Waals surface area contributed by atoms with Gasteiger partial charge in [-0.1, -0.05) is 6.92 Å². The number of nitrogens with one attached hydrogen (secondary N) is 1. The van der Waals surface area contributed by atoms with Crippen molar-refractivity contribution < 1.29 is 4.74 Å². The Bertz CT molecular complexity index is 363. The molecule has 108 valence electrons. The van der Waals surface area contributed by atoms with Gasteiger partial charge in [0.05, 0.1) is 6.61 Å². The summed E-state index contributed by atoms with van der Waals surface area (Å²) in [6.45, 7) is 7.31. The molecule has 3 nitrogen and oxygen atoms in total. The summed E-state index contributed by atoms with van der Waals surface area (Å²) < 4.78 is 5.21. The van der Waals surface area contributed by atoms with Crippen LogP contribution in [0.1, 0.15) is 35.9 Å². The van der Waals surface area contributed by atoms with E-state index < -0.39 is 0 Å². The van der Waals surface area contributed by atoms with Gasteiger partial charge in [-0.3, -0.25) is 4.90 Å². The lowest BCUT2D eigenvalue weighted by atomic mass is 10.3. The van der Waals surface area contributed by atoms with Gasteiger partial charge in [-0.25, -0.2) is 0 Å². The first-order chi connectivity index (χ1) is 9.33. The van der Waals surface area contributed by atoms with Gasteiger partial charge in [0.2, 0.25) is 0 Å². The van der Waals surface area contributed by atoms with Crippen molar-refractivity contribution in [3.05, 3.63) is 21.9 Å². The van der Waals surface area contributed by atoms with E-state index in [1.165, 1.54) is 29.0 Å². The Morgan fingerprint density at radius 1 is 1.37 bits per heavy atom. The van der Waals surface area contributed by atoms with Gasteiger partial charge >= 0.3 is 0 Å². The third-order valence-corrected chi connectivity index (χ3v) is 4.52. The molecule has 1 aliphatic rings. The molecule has 2 rings (SSSR count). The zero-order valence-corrected chi connectivity index (χ0v) is 13.0. The van der Waals surface area contributed by atoms with E-state index in [1.807, 2.05) is 11.3 Å². The molecule has 0 bridgehead atoms. The third kappa shape index (κ3) is 5.22. The molecule has 1 heterocycles. The second-order valence-corrected chi connectivity index (χ2v) is 6.49. The molecule has 1 aliphatic carbocycles. The highest BCUT2D eigenvalue weighted by Gasteiger charge is 2.28. The van der Waals surface area contributed by atoms with Crippen molar-refractivity contribution in [2.45, 2.75) is 45.3 Å². The summed E-state index contributed by atoms with van der Waals surface area (Å²) in [5.41, 5.74) is 0. The van der Waals surface area contributed by atoms with E-state index in [2.05, 4.69) is 29.3 Å². The topological polar surface area (TPSA) is 24.5 Å². The van der Waals surface area contributed by atoms with Crippen LogP contribution >= 0.6 is 11.3 Å². The van der Waals surface area contributed by atoms with E-state index in [0.717, 1.165) is 38.8 Å². The molecule has 0 radical (unpaired) electrons. The van der Waals surface area contributed by atoms with E-state index in [0.29, 0.717) is 0 Å². The summed E-state index contributed by atoms with van der Waals surface area (Å²) in [4.78, 5) is 5.50. The number of ether oxygens (including phenoxy) is 1. The van der Waals surface area contributed by atoms with Crippen molar-refractivity contribution in [1.29, 1.82) is 0 Å². The fourth-order valence-electron chi connectivity index (χ4n) is 2.23. The highest BCUT2D eigenvalue weighted by molar-refractivity contribution is 7.11. The maximum absolute atomic E-state index is 5.21. The van der Waals surface area contributed by atoms with Gasteiger partial charge in [0.1, 0.15) is 0 Å². The Labute approximate surface area is 121 Å². The molecule has 0 aromatic carbocycles. The van der Waals surface area contributed by atoms with Crippen LogP contribution in [0.25, 0.3) is 0 Å². The molecule has 4 heteroatoms. The SMILES string of the molecule is CCCNCc1ccc(CN(CCOC)C2CC2)s1. The third-order valence-electron chi connectivity index (χ3n) is 3.45. The number of hydrogen-bond donors (Lipinski definition) is 1. The number of methoxy groups -OCH3 is 1. The van der Waals surface area contributed by atoms with E-state index in [9.17, 15) is 0 Å². The van der Waals surface area contributed by atoms with Gasteiger partial charge in [0, 0.05) is 42.5 Å². The smallest absolute Gasteiger partial charge is 0.0589 e. The monoisotopic (exact) mass is 282 g/mol. The molecule has 0 atom stereocenters. The van der Waals surface area contributed by atoms with E-state index in [4.69, 9.17) is 4.74 Å². The average molecular weight is 282 g/mol. The van der Waals surface area contributed by atoms with Crippen LogP contribution in [0.3, 0.4) is 0 Å². The minimum Gasteiger partial charge on any atom is -0.383 e. The molecular formula is C15H26N2OS. The summed E-state index contributed by atoms with van der Waals surface area (Å²) in [6.07, 6.45) is 3.92. The van der Waals surface area contributed by atoms with Crippen LogP contribution in [0.5, 0.6) is 0 Å². The molecule has 0 unspecified atom stereocenters. The predicted octanol–water partition coefficient (Wildman–Crippen LogP) is 2.86. The molecule has 1 aromatic rings. The summed E-state index contributed by atoms with van der Waals surface area (Å²) in [5, 5.41) is 3.46. The summed E-state index contributed by atoms with van der Waals surface area (Å²) >= 11 is 1.95. The summed E-state index contributed by atoms with van der Waals surface area (Å²) in [5.74, 6) is 0. The lowest BCUT2D eigenvalue weighted by Crippen LogP contribution is -2.28. The number of hydrogen-bond acceptors (Lipinski definition) is 4. The maximum atomic E-state index is 5.21. The van der Waals surface area contributed by atoms with E-state index >= 15 is 0 Å². The van der Waals surface area contributed by atoms with E-state index in [1.54, 1.807) is 7.11 Å². The Balaban J connectivity index is 1.79. The van der Waals surface area contributed by atoms with Gasteiger partial charge < -0.3 is 10.1 Å². The van der Waals surface area contributed by atoms with Crippen LogP contribution in [-0.4, -0.2) is 37.7 Å². The highest BCUT2D eigenvalue weighted by Crippen LogP contribution is 2.29. The Morgan fingerprint density at radius 2 is 2.16 bits per heavy atom. The van der Waals surface area contributed by atoms with Gasteiger partial charge in [-0.05, 0) is 37.9 Å². The average Bonchev–Trinajstić information content (AvgIpc) is 3.17. The Morgan fingerprint density at radius 3 is 2.84 bits per heavy atom. The first-order valence-corrected chi connectivity index (χ1v) is 8.16. The van der Waals surface area contributed by atoms with Crippen molar-refractivity contribution in [3.8, 4) is 0 Å². The molecule has 1 saturated carbocycles. The predicted molar refractivity (Wildman–Crippen MR) is 81.6 cm³/mol. The first kappa shape index (κ1) is 15.0. The fraction of sp³-hybridized carbons (Fsp3) is 0.733. The zero-order valence-electron chi connectivity index (χ0n) is 12.2. The first-order valence-electron chi connectivity index (χ1n) is 7.34. The number of rotatable bonds is 10. The molecule has 1 N–H and O–H groups in total. The second-order valence-electron chi connectivity index (χ2n) is 5.24. The summed E-state index contributed by atoms with van der Waals surface area (Å²) in [6, 6.07) is 5.36. The van der Waals surface area contributed by atoms with Crippen molar-refractivity contribution in [2.75, 3.05) is 26.8 Å². The Hall–Kier alpha value is -0.420. The lowest BCUT2D eigenvalue weighted by molar-refractivity contribution is 0.140. The standard InChI is InChI=1S/C15H26N2OS/c1-3-8-16-11-14-6-7-15(19-14)12-17(9-10-18-2)13-4-5-13/h6-7,13,16H,3-5,8-12H2,1-2H3. The Kier molecular flexibility index (Phi) is 6.31. The fourth-order valence-corrected chi connectivity index (χ4v) is 3.24. The molecule has 1 fully saturated rings. The normalized spacial score (nSPS) is 15.3. The van der Waals surface area contributed by atoms with Gasteiger partial charge in [0.25, 0.3) is 0 Å².